The molecule has 3 nitrogen and oxygen atoms in total. The van der Waals surface area contributed by atoms with Crippen LogP contribution in [0.15, 0.2) is 23.1 Å². The van der Waals surface area contributed by atoms with Crippen molar-refractivity contribution in [2.24, 2.45) is 0 Å². The van der Waals surface area contributed by atoms with Gasteiger partial charge >= 0.3 is 0 Å². The lowest BCUT2D eigenvalue weighted by molar-refractivity contribution is 0.521. The Morgan fingerprint density at radius 3 is 2.33 bits per heavy atom. The van der Waals surface area contributed by atoms with E-state index in [4.69, 9.17) is 23.2 Å². The minimum atomic E-state index is -3.42. The van der Waals surface area contributed by atoms with Gasteiger partial charge in [0, 0.05) is 25.0 Å². The molecule has 0 fully saturated rings. The summed E-state index contributed by atoms with van der Waals surface area (Å²) in [6.07, 6.45) is 0. The Hall–Kier alpha value is -0.290. The van der Waals surface area contributed by atoms with E-state index in [1.54, 1.807) is 6.07 Å². The third-order valence-electron chi connectivity index (χ3n) is 1.95. The maximum absolute atomic E-state index is 11.7. The van der Waals surface area contributed by atoms with Gasteiger partial charge in [-0.05, 0) is 17.7 Å². The van der Waals surface area contributed by atoms with E-state index in [9.17, 15) is 8.42 Å². The van der Waals surface area contributed by atoms with Crippen LogP contribution in [0.1, 0.15) is 5.56 Å². The first kappa shape index (κ1) is 12.8. The minimum absolute atomic E-state index is 0.173. The largest absolute Gasteiger partial charge is 0.242 e. The van der Waals surface area contributed by atoms with Gasteiger partial charge in [-0.2, -0.15) is 0 Å². The van der Waals surface area contributed by atoms with Crippen LogP contribution in [0.2, 0.25) is 5.02 Å². The molecule has 0 amide bonds. The fourth-order valence-corrected chi connectivity index (χ4v) is 2.55. The summed E-state index contributed by atoms with van der Waals surface area (Å²) in [7, 11) is -0.477. The van der Waals surface area contributed by atoms with E-state index < -0.39 is 10.0 Å². The van der Waals surface area contributed by atoms with Gasteiger partial charge in [0.25, 0.3) is 0 Å². The summed E-state index contributed by atoms with van der Waals surface area (Å²) in [5.41, 5.74) is 0.719. The van der Waals surface area contributed by atoms with Gasteiger partial charge in [-0.25, -0.2) is 12.7 Å². The summed E-state index contributed by atoms with van der Waals surface area (Å²) in [4.78, 5) is 0.173. The molecule has 1 aromatic carbocycles. The van der Waals surface area contributed by atoms with Crippen molar-refractivity contribution >= 4 is 33.2 Å². The Labute approximate surface area is 99.7 Å². The van der Waals surface area contributed by atoms with Crippen LogP contribution in [0.3, 0.4) is 0 Å². The highest BCUT2D eigenvalue weighted by Crippen LogP contribution is 2.23. The second-order valence-corrected chi connectivity index (χ2v) is 6.00. The molecule has 0 radical (unpaired) electrons. The number of hydrogen-bond acceptors (Lipinski definition) is 2. The summed E-state index contributed by atoms with van der Waals surface area (Å²) in [5.74, 6) is 0.265. The SMILES string of the molecule is CN(C)S(=O)(=O)c1ccc(CCl)c(Cl)c1. The van der Waals surface area contributed by atoms with Crippen molar-refractivity contribution in [3.05, 3.63) is 28.8 Å². The average Bonchev–Trinajstić information content (AvgIpc) is 2.17. The molecule has 0 aliphatic carbocycles. The zero-order valence-electron chi connectivity index (χ0n) is 8.37. The molecule has 0 heterocycles. The second-order valence-electron chi connectivity index (χ2n) is 3.17. The third-order valence-corrected chi connectivity index (χ3v) is 4.40. The van der Waals surface area contributed by atoms with Gasteiger partial charge in [-0.1, -0.05) is 17.7 Å². The number of benzene rings is 1. The molecule has 0 unspecified atom stereocenters. The molecule has 0 spiro atoms. The van der Waals surface area contributed by atoms with Crippen molar-refractivity contribution in [1.29, 1.82) is 0 Å². The highest BCUT2D eigenvalue weighted by atomic mass is 35.5. The van der Waals surface area contributed by atoms with Gasteiger partial charge in [0.15, 0.2) is 0 Å². The number of alkyl halides is 1. The normalized spacial score (nSPS) is 12.1. The average molecular weight is 268 g/mol. The van der Waals surface area contributed by atoms with E-state index in [2.05, 4.69) is 0 Å². The number of nitrogens with zero attached hydrogens (tertiary/aromatic N) is 1. The molecule has 0 aromatic heterocycles. The summed E-state index contributed by atoms with van der Waals surface area (Å²) >= 11 is 11.5. The Morgan fingerprint density at radius 1 is 1.33 bits per heavy atom. The summed E-state index contributed by atoms with van der Waals surface area (Å²) in [6.45, 7) is 0. The van der Waals surface area contributed by atoms with Gasteiger partial charge < -0.3 is 0 Å². The molecule has 0 saturated heterocycles. The predicted octanol–water partition coefficient (Wildman–Crippen LogP) is 2.33. The molecular formula is C9H11Cl2NO2S. The maximum atomic E-state index is 11.7. The van der Waals surface area contributed by atoms with Gasteiger partial charge in [0.05, 0.1) is 4.90 Å². The number of halogens is 2. The highest BCUT2D eigenvalue weighted by Gasteiger charge is 2.17. The van der Waals surface area contributed by atoms with E-state index in [0.717, 1.165) is 9.87 Å². The number of sulfonamides is 1. The molecule has 84 valence electrons. The monoisotopic (exact) mass is 267 g/mol. The number of hydrogen-bond donors (Lipinski definition) is 0. The van der Waals surface area contributed by atoms with Crippen LogP contribution < -0.4 is 0 Å². The molecule has 1 rings (SSSR count). The molecule has 0 N–H and O–H groups in total. The van der Waals surface area contributed by atoms with Crippen LogP contribution in [0.4, 0.5) is 0 Å². The first-order valence-electron chi connectivity index (χ1n) is 4.16. The van der Waals surface area contributed by atoms with Crippen molar-refractivity contribution in [1.82, 2.24) is 4.31 Å². The van der Waals surface area contributed by atoms with Crippen LogP contribution in [0, 0.1) is 0 Å². The van der Waals surface area contributed by atoms with Crippen molar-refractivity contribution < 1.29 is 8.42 Å². The Morgan fingerprint density at radius 2 is 1.93 bits per heavy atom. The molecule has 6 heteroatoms. The molecule has 0 saturated carbocycles. The maximum Gasteiger partial charge on any atom is 0.242 e. The van der Waals surface area contributed by atoms with Crippen LogP contribution in [0.5, 0.6) is 0 Å². The Bertz CT molecular complexity index is 457. The van der Waals surface area contributed by atoms with Crippen molar-refractivity contribution in [2.75, 3.05) is 14.1 Å². The van der Waals surface area contributed by atoms with Crippen LogP contribution in [-0.4, -0.2) is 26.8 Å². The molecule has 0 bridgehead atoms. The zero-order valence-corrected chi connectivity index (χ0v) is 10.7. The lowest BCUT2D eigenvalue weighted by Gasteiger charge is -2.12. The van der Waals surface area contributed by atoms with Crippen LogP contribution >= 0.6 is 23.2 Å². The van der Waals surface area contributed by atoms with Gasteiger partial charge in [0.1, 0.15) is 0 Å². The summed E-state index contributed by atoms with van der Waals surface area (Å²) < 4.78 is 24.6. The predicted molar refractivity (Wildman–Crippen MR) is 61.9 cm³/mol. The molecule has 0 atom stereocenters. The van der Waals surface area contributed by atoms with E-state index in [1.807, 2.05) is 0 Å². The summed E-state index contributed by atoms with van der Waals surface area (Å²) in [5, 5.41) is 0.368. The van der Waals surface area contributed by atoms with Crippen molar-refractivity contribution in [2.45, 2.75) is 10.8 Å². The van der Waals surface area contributed by atoms with E-state index in [1.165, 1.54) is 26.2 Å². The van der Waals surface area contributed by atoms with Gasteiger partial charge in [0.2, 0.25) is 10.0 Å². The molecule has 0 aliphatic rings. The highest BCUT2D eigenvalue weighted by molar-refractivity contribution is 7.89. The first-order chi connectivity index (χ1) is 6.89. The van der Waals surface area contributed by atoms with Crippen LogP contribution in [0.25, 0.3) is 0 Å². The number of rotatable bonds is 3. The lowest BCUT2D eigenvalue weighted by Crippen LogP contribution is -2.22. The Kier molecular flexibility index (Phi) is 4.00. The quantitative estimate of drug-likeness (QED) is 0.789. The smallest absolute Gasteiger partial charge is 0.207 e. The molecule has 1 aromatic rings. The van der Waals surface area contributed by atoms with E-state index in [-0.39, 0.29) is 10.8 Å². The van der Waals surface area contributed by atoms with Crippen LogP contribution in [-0.2, 0) is 15.9 Å². The fourth-order valence-electron chi connectivity index (χ4n) is 1.01. The summed E-state index contributed by atoms with van der Waals surface area (Å²) in [6, 6.07) is 4.53. The topological polar surface area (TPSA) is 37.4 Å². The fraction of sp³-hybridized carbons (Fsp3) is 0.333. The standard InChI is InChI=1S/C9H11Cl2NO2S/c1-12(2)15(13,14)8-4-3-7(6-10)9(11)5-8/h3-5H,6H2,1-2H3. The van der Waals surface area contributed by atoms with Gasteiger partial charge in [-0.15, -0.1) is 11.6 Å². The molecule has 0 aliphatic heterocycles. The van der Waals surface area contributed by atoms with Gasteiger partial charge in [-0.3, -0.25) is 0 Å². The third kappa shape index (κ3) is 2.64. The minimum Gasteiger partial charge on any atom is -0.207 e. The lowest BCUT2D eigenvalue weighted by atomic mass is 10.2. The first-order valence-corrected chi connectivity index (χ1v) is 6.51. The van der Waals surface area contributed by atoms with Crippen molar-refractivity contribution in [3.63, 3.8) is 0 Å². The van der Waals surface area contributed by atoms with E-state index >= 15 is 0 Å². The second kappa shape index (κ2) is 4.70. The molecule has 15 heavy (non-hydrogen) atoms. The Balaban J connectivity index is 3.25. The molecular weight excluding hydrogens is 257 g/mol. The zero-order chi connectivity index (χ0) is 11.6. The van der Waals surface area contributed by atoms with Crippen molar-refractivity contribution in [3.8, 4) is 0 Å². The van der Waals surface area contributed by atoms with E-state index in [0.29, 0.717) is 5.02 Å².